The van der Waals surface area contributed by atoms with Crippen LogP contribution in [0.4, 0.5) is 0 Å². The molecule has 0 radical (unpaired) electrons. The van der Waals surface area contributed by atoms with Crippen LogP contribution in [0.25, 0.3) is 0 Å². The van der Waals surface area contributed by atoms with Crippen molar-refractivity contribution in [3.63, 3.8) is 0 Å². The lowest BCUT2D eigenvalue weighted by atomic mass is 10.2. The Balaban J connectivity index is 1.52. The second-order valence-electron chi connectivity index (χ2n) is 6.36. The van der Waals surface area contributed by atoms with Crippen LogP contribution < -0.4 is 20.1 Å². The smallest absolute Gasteiger partial charge is 0.252 e. The lowest BCUT2D eigenvalue weighted by molar-refractivity contribution is -0.120. The highest BCUT2D eigenvalue weighted by Gasteiger charge is 2.11. The Morgan fingerprint density at radius 3 is 2.60 bits per heavy atom. The summed E-state index contributed by atoms with van der Waals surface area (Å²) in [6.45, 7) is 2.84. The molecule has 0 fully saturated rings. The first-order valence-electron chi connectivity index (χ1n) is 9.57. The van der Waals surface area contributed by atoms with Crippen molar-refractivity contribution in [1.82, 2.24) is 15.6 Å². The Kier molecular flexibility index (Phi) is 7.79. The molecular formula is C22H23N3O4S. The zero-order valence-corrected chi connectivity index (χ0v) is 17.4. The third-order valence-electron chi connectivity index (χ3n) is 4.03. The van der Waals surface area contributed by atoms with Gasteiger partial charge in [-0.2, -0.15) is 11.3 Å². The molecule has 0 unspecified atom stereocenters. The second-order valence-corrected chi connectivity index (χ2v) is 7.14. The van der Waals surface area contributed by atoms with Crippen LogP contribution in [-0.4, -0.2) is 29.9 Å². The molecule has 0 saturated carbocycles. The van der Waals surface area contributed by atoms with Gasteiger partial charge in [-0.25, -0.2) is 4.98 Å². The van der Waals surface area contributed by atoms with Crippen molar-refractivity contribution in [3.8, 4) is 17.4 Å². The van der Waals surface area contributed by atoms with Gasteiger partial charge in [0.2, 0.25) is 11.8 Å². The van der Waals surface area contributed by atoms with E-state index in [1.165, 1.54) is 11.3 Å². The largest absolute Gasteiger partial charge is 0.494 e. The highest BCUT2D eigenvalue weighted by molar-refractivity contribution is 7.08. The molecule has 0 spiro atoms. The molecule has 0 aliphatic rings. The monoisotopic (exact) mass is 425 g/mol. The quantitative estimate of drug-likeness (QED) is 0.516. The molecule has 0 saturated heterocycles. The molecule has 8 heteroatoms. The lowest BCUT2D eigenvalue weighted by Gasteiger charge is -2.12. The van der Waals surface area contributed by atoms with Gasteiger partial charge in [0, 0.05) is 29.2 Å². The van der Waals surface area contributed by atoms with Gasteiger partial charge in [0.15, 0.2) is 0 Å². The SMILES string of the molecule is CCCOc1ccc(Oc2ncccc2CNC(=O)CNC(=O)c2ccsc2)cc1. The minimum atomic E-state index is -0.300. The third-order valence-corrected chi connectivity index (χ3v) is 4.71. The number of thiophene rings is 1. The number of rotatable bonds is 10. The van der Waals surface area contributed by atoms with Crippen LogP contribution in [0.2, 0.25) is 0 Å². The van der Waals surface area contributed by atoms with Crippen molar-refractivity contribution in [2.24, 2.45) is 0 Å². The first kappa shape index (κ1) is 21.3. The number of hydrogen-bond acceptors (Lipinski definition) is 6. The number of benzene rings is 1. The van der Waals surface area contributed by atoms with Gasteiger partial charge in [-0.1, -0.05) is 13.0 Å². The maximum Gasteiger partial charge on any atom is 0.252 e. The summed E-state index contributed by atoms with van der Waals surface area (Å²) in [4.78, 5) is 28.2. The summed E-state index contributed by atoms with van der Waals surface area (Å²) in [6.07, 6.45) is 2.57. The summed E-state index contributed by atoms with van der Waals surface area (Å²) in [5, 5.41) is 8.90. The van der Waals surface area contributed by atoms with E-state index in [9.17, 15) is 9.59 Å². The lowest BCUT2D eigenvalue weighted by Crippen LogP contribution is -2.36. The summed E-state index contributed by atoms with van der Waals surface area (Å²) in [6, 6.07) is 12.6. The summed E-state index contributed by atoms with van der Waals surface area (Å²) in [5.74, 6) is 1.23. The molecule has 2 aromatic heterocycles. The number of carbonyl (C=O) groups excluding carboxylic acids is 2. The van der Waals surface area contributed by atoms with Gasteiger partial charge in [0.05, 0.1) is 13.2 Å². The van der Waals surface area contributed by atoms with E-state index in [0.717, 1.165) is 17.7 Å². The summed E-state index contributed by atoms with van der Waals surface area (Å²) in [7, 11) is 0. The van der Waals surface area contributed by atoms with E-state index >= 15 is 0 Å². The zero-order chi connectivity index (χ0) is 21.2. The van der Waals surface area contributed by atoms with Crippen LogP contribution in [-0.2, 0) is 11.3 Å². The second kappa shape index (κ2) is 11.0. The number of carbonyl (C=O) groups is 2. The zero-order valence-electron chi connectivity index (χ0n) is 16.6. The Bertz CT molecular complexity index is 959. The van der Waals surface area contributed by atoms with Crippen LogP contribution in [0.1, 0.15) is 29.3 Å². The molecule has 30 heavy (non-hydrogen) atoms. The predicted octanol–water partition coefficient (Wildman–Crippen LogP) is 3.77. The van der Waals surface area contributed by atoms with Crippen LogP contribution in [0.3, 0.4) is 0 Å². The Hall–Kier alpha value is -3.39. The van der Waals surface area contributed by atoms with Gasteiger partial charge < -0.3 is 20.1 Å². The van der Waals surface area contributed by atoms with Gasteiger partial charge in [-0.05, 0) is 48.2 Å². The molecule has 0 aliphatic carbocycles. The fourth-order valence-corrected chi connectivity index (χ4v) is 3.13. The van der Waals surface area contributed by atoms with Crippen LogP contribution in [0.15, 0.2) is 59.4 Å². The van der Waals surface area contributed by atoms with Crippen LogP contribution >= 0.6 is 11.3 Å². The number of nitrogens with one attached hydrogen (secondary N) is 2. The fraction of sp³-hybridized carbons (Fsp3) is 0.227. The number of pyridine rings is 1. The standard InChI is InChI=1S/C22H23N3O4S/c1-2-11-28-18-5-7-19(8-6-18)29-22-16(4-3-10-23-22)13-24-20(26)14-25-21(27)17-9-12-30-15-17/h3-10,12,15H,2,11,13-14H2,1H3,(H,24,26)(H,25,27). The van der Waals surface area contributed by atoms with Gasteiger partial charge in [0.25, 0.3) is 5.91 Å². The van der Waals surface area contributed by atoms with Crippen molar-refractivity contribution in [3.05, 3.63) is 70.5 Å². The highest BCUT2D eigenvalue weighted by Crippen LogP contribution is 2.25. The van der Waals surface area contributed by atoms with E-state index in [1.54, 1.807) is 23.7 Å². The molecular weight excluding hydrogens is 402 g/mol. The van der Waals surface area contributed by atoms with Gasteiger partial charge >= 0.3 is 0 Å². The van der Waals surface area contributed by atoms with E-state index in [0.29, 0.717) is 23.8 Å². The first-order valence-corrected chi connectivity index (χ1v) is 10.5. The molecule has 3 rings (SSSR count). The highest BCUT2D eigenvalue weighted by atomic mass is 32.1. The molecule has 2 heterocycles. The normalized spacial score (nSPS) is 10.3. The number of ether oxygens (including phenoxy) is 2. The minimum Gasteiger partial charge on any atom is -0.494 e. The Morgan fingerprint density at radius 1 is 1.07 bits per heavy atom. The minimum absolute atomic E-state index is 0.107. The average Bonchev–Trinajstić information content (AvgIpc) is 3.31. The molecule has 156 valence electrons. The first-order chi connectivity index (χ1) is 14.7. The van der Waals surface area contributed by atoms with Crippen molar-refractivity contribution >= 4 is 23.2 Å². The van der Waals surface area contributed by atoms with Crippen molar-refractivity contribution < 1.29 is 19.1 Å². The Morgan fingerprint density at radius 2 is 1.87 bits per heavy atom. The van der Waals surface area contributed by atoms with Crippen molar-refractivity contribution in [2.75, 3.05) is 13.2 Å². The van der Waals surface area contributed by atoms with E-state index < -0.39 is 0 Å². The van der Waals surface area contributed by atoms with E-state index in [-0.39, 0.29) is 24.9 Å². The summed E-state index contributed by atoms with van der Waals surface area (Å²) < 4.78 is 11.4. The van der Waals surface area contributed by atoms with E-state index in [1.807, 2.05) is 35.7 Å². The third kappa shape index (κ3) is 6.31. The molecule has 0 bridgehead atoms. The molecule has 7 nitrogen and oxygen atoms in total. The maximum absolute atomic E-state index is 12.1. The van der Waals surface area contributed by atoms with Crippen LogP contribution in [0, 0.1) is 0 Å². The number of aromatic nitrogens is 1. The molecule has 0 aliphatic heterocycles. The molecule has 0 atom stereocenters. The maximum atomic E-state index is 12.1. The number of nitrogens with zero attached hydrogens (tertiary/aromatic N) is 1. The summed E-state index contributed by atoms with van der Waals surface area (Å²) in [5.41, 5.74) is 1.27. The van der Waals surface area contributed by atoms with Gasteiger partial charge in [-0.15, -0.1) is 0 Å². The van der Waals surface area contributed by atoms with E-state index in [2.05, 4.69) is 22.5 Å². The molecule has 2 N–H and O–H groups in total. The topological polar surface area (TPSA) is 89.6 Å². The predicted molar refractivity (Wildman–Crippen MR) is 115 cm³/mol. The van der Waals surface area contributed by atoms with E-state index in [4.69, 9.17) is 9.47 Å². The fourth-order valence-electron chi connectivity index (χ4n) is 2.50. The summed E-state index contributed by atoms with van der Waals surface area (Å²) >= 11 is 1.43. The van der Waals surface area contributed by atoms with Crippen LogP contribution in [0.5, 0.6) is 17.4 Å². The van der Waals surface area contributed by atoms with Gasteiger partial charge in [0.1, 0.15) is 11.5 Å². The number of amides is 2. The van der Waals surface area contributed by atoms with Gasteiger partial charge in [-0.3, -0.25) is 9.59 Å². The van der Waals surface area contributed by atoms with Crippen molar-refractivity contribution in [2.45, 2.75) is 19.9 Å². The van der Waals surface area contributed by atoms with Crippen molar-refractivity contribution in [1.29, 1.82) is 0 Å². The molecule has 2 amide bonds. The average molecular weight is 426 g/mol. The Labute approximate surface area is 179 Å². The molecule has 3 aromatic rings. The molecule has 1 aromatic carbocycles. The number of hydrogen-bond donors (Lipinski definition) is 2.